The average molecular weight is 300 g/mol. The van der Waals surface area contributed by atoms with Crippen LogP contribution in [0.5, 0.6) is 0 Å². The van der Waals surface area contributed by atoms with E-state index in [2.05, 4.69) is 21.2 Å². The van der Waals surface area contributed by atoms with E-state index in [1.54, 1.807) is 0 Å². The minimum absolute atomic E-state index is 0.0279. The number of carboxylic acids is 1. The molecule has 0 aliphatic heterocycles. The summed E-state index contributed by atoms with van der Waals surface area (Å²) in [5.74, 6) is -0.784. The first-order valence-electron chi connectivity index (χ1n) is 5.79. The smallest absolute Gasteiger partial charge is 0.320 e. The lowest BCUT2D eigenvalue weighted by atomic mass is 10.1. The summed E-state index contributed by atoms with van der Waals surface area (Å²) in [6, 6.07) is 7.45. The second-order valence-electron chi connectivity index (χ2n) is 4.12. The van der Waals surface area contributed by atoms with E-state index >= 15 is 0 Å². The second-order valence-corrected chi connectivity index (χ2v) is 5.04. The van der Waals surface area contributed by atoms with Crippen LogP contribution in [0.25, 0.3) is 0 Å². The number of hydrogen-bond donors (Lipinski definition) is 2. The molecule has 0 aliphatic carbocycles. The molecule has 0 aliphatic rings. The van der Waals surface area contributed by atoms with Gasteiger partial charge < -0.3 is 5.11 Å². The Morgan fingerprint density at radius 3 is 2.76 bits per heavy atom. The Balaban J connectivity index is 2.69. The van der Waals surface area contributed by atoms with Gasteiger partial charge in [-0.15, -0.1) is 0 Å². The highest BCUT2D eigenvalue weighted by Gasteiger charge is 2.19. The van der Waals surface area contributed by atoms with Crippen molar-refractivity contribution in [2.75, 3.05) is 0 Å². The third-order valence-electron chi connectivity index (χ3n) is 2.68. The fourth-order valence-electron chi connectivity index (χ4n) is 1.74. The molecule has 0 saturated heterocycles. The van der Waals surface area contributed by atoms with Gasteiger partial charge in [0.15, 0.2) is 0 Å². The molecule has 0 aromatic heterocycles. The molecule has 2 atom stereocenters. The molecule has 0 heterocycles. The molecule has 0 saturated carbocycles. The van der Waals surface area contributed by atoms with Gasteiger partial charge in [-0.05, 0) is 31.0 Å². The van der Waals surface area contributed by atoms with Crippen LogP contribution in [0.1, 0.15) is 38.3 Å². The fraction of sp³-hybridized carbons (Fsp3) is 0.462. The highest BCUT2D eigenvalue weighted by molar-refractivity contribution is 9.10. The van der Waals surface area contributed by atoms with Gasteiger partial charge in [-0.3, -0.25) is 10.1 Å². The van der Waals surface area contributed by atoms with E-state index in [9.17, 15) is 4.79 Å². The van der Waals surface area contributed by atoms with Crippen LogP contribution >= 0.6 is 15.9 Å². The minimum Gasteiger partial charge on any atom is -0.480 e. The van der Waals surface area contributed by atoms with Crippen molar-refractivity contribution in [3.05, 3.63) is 34.3 Å². The van der Waals surface area contributed by atoms with Crippen LogP contribution in [0, 0.1) is 0 Å². The van der Waals surface area contributed by atoms with Gasteiger partial charge in [0.2, 0.25) is 0 Å². The van der Waals surface area contributed by atoms with Gasteiger partial charge >= 0.3 is 5.97 Å². The molecule has 4 heteroatoms. The van der Waals surface area contributed by atoms with Crippen molar-refractivity contribution < 1.29 is 9.90 Å². The molecule has 3 nitrogen and oxygen atoms in total. The maximum Gasteiger partial charge on any atom is 0.320 e. The molecule has 94 valence electrons. The first-order valence-corrected chi connectivity index (χ1v) is 6.58. The average Bonchev–Trinajstić information content (AvgIpc) is 2.28. The van der Waals surface area contributed by atoms with Crippen LogP contribution in [-0.4, -0.2) is 17.1 Å². The zero-order valence-electron chi connectivity index (χ0n) is 10.1. The highest BCUT2D eigenvalue weighted by atomic mass is 79.9. The number of halogens is 1. The van der Waals surface area contributed by atoms with Gasteiger partial charge in [-0.1, -0.05) is 41.4 Å². The lowest BCUT2D eigenvalue weighted by Crippen LogP contribution is -2.38. The summed E-state index contributed by atoms with van der Waals surface area (Å²) in [6.07, 6.45) is 1.50. The van der Waals surface area contributed by atoms with Gasteiger partial charge in [-0.2, -0.15) is 0 Å². The highest BCUT2D eigenvalue weighted by Crippen LogP contribution is 2.18. The maximum absolute atomic E-state index is 11.1. The van der Waals surface area contributed by atoms with Crippen molar-refractivity contribution in [3.8, 4) is 0 Å². The standard InChI is InChI=1S/C13H18BrNO2/c1-3-5-12(13(16)17)15-9(2)10-6-4-7-11(14)8-10/h4,6-9,12,15H,3,5H2,1-2H3,(H,16,17). The van der Waals surface area contributed by atoms with Crippen molar-refractivity contribution >= 4 is 21.9 Å². The van der Waals surface area contributed by atoms with Gasteiger partial charge in [0.05, 0.1) is 0 Å². The van der Waals surface area contributed by atoms with Crippen LogP contribution in [-0.2, 0) is 4.79 Å². The van der Waals surface area contributed by atoms with Crippen molar-refractivity contribution in [3.63, 3.8) is 0 Å². The van der Waals surface area contributed by atoms with E-state index in [-0.39, 0.29) is 6.04 Å². The van der Waals surface area contributed by atoms with E-state index in [4.69, 9.17) is 5.11 Å². The molecular formula is C13H18BrNO2. The molecule has 0 fully saturated rings. The summed E-state index contributed by atoms with van der Waals surface area (Å²) in [5, 5.41) is 12.2. The molecule has 1 rings (SSSR count). The normalized spacial score (nSPS) is 14.3. The number of rotatable bonds is 6. The number of aliphatic carboxylic acids is 1. The Morgan fingerprint density at radius 2 is 2.24 bits per heavy atom. The number of benzene rings is 1. The first-order chi connectivity index (χ1) is 8.04. The molecular weight excluding hydrogens is 282 g/mol. The van der Waals surface area contributed by atoms with Crippen LogP contribution < -0.4 is 5.32 Å². The maximum atomic E-state index is 11.1. The largest absolute Gasteiger partial charge is 0.480 e. The Labute approximate surface area is 110 Å². The third-order valence-corrected chi connectivity index (χ3v) is 3.17. The molecule has 0 radical (unpaired) electrons. The van der Waals surface area contributed by atoms with Crippen LogP contribution in [0.4, 0.5) is 0 Å². The van der Waals surface area contributed by atoms with Crippen LogP contribution in [0.2, 0.25) is 0 Å². The van der Waals surface area contributed by atoms with Gasteiger partial charge in [0, 0.05) is 10.5 Å². The molecule has 0 spiro atoms. The van der Waals surface area contributed by atoms with Gasteiger partial charge in [0.1, 0.15) is 6.04 Å². The predicted molar refractivity (Wildman–Crippen MR) is 72.0 cm³/mol. The van der Waals surface area contributed by atoms with Crippen LogP contribution in [0.3, 0.4) is 0 Å². The Kier molecular flexibility index (Phi) is 5.65. The fourth-order valence-corrected chi connectivity index (χ4v) is 2.16. The zero-order valence-corrected chi connectivity index (χ0v) is 11.7. The van der Waals surface area contributed by atoms with Crippen molar-refractivity contribution in [2.45, 2.75) is 38.8 Å². The van der Waals surface area contributed by atoms with Crippen LogP contribution in [0.15, 0.2) is 28.7 Å². The number of carboxylic acid groups (broad SMARTS) is 1. The topological polar surface area (TPSA) is 49.3 Å². The molecule has 1 aromatic rings. The SMILES string of the molecule is CCCC(NC(C)c1cccc(Br)c1)C(=O)O. The van der Waals surface area contributed by atoms with Gasteiger partial charge in [0.25, 0.3) is 0 Å². The number of nitrogens with one attached hydrogen (secondary N) is 1. The first kappa shape index (κ1) is 14.2. The zero-order chi connectivity index (χ0) is 12.8. The van der Waals surface area contributed by atoms with Crippen molar-refractivity contribution in [1.82, 2.24) is 5.32 Å². The lowest BCUT2D eigenvalue weighted by molar-refractivity contribution is -0.139. The molecule has 2 N–H and O–H groups in total. The summed E-state index contributed by atoms with van der Waals surface area (Å²) in [6.45, 7) is 3.97. The molecule has 1 aromatic carbocycles. The number of hydrogen-bond acceptors (Lipinski definition) is 2. The molecule has 0 amide bonds. The predicted octanol–water partition coefficient (Wildman–Crippen LogP) is 3.35. The molecule has 2 unspecified atom stereocenters. The van der Waals surface area contributed by atoms with E-state index in [0.717, 1.165) is 16.5 Å². The van der Waals surface area contributed by atoms with E-state index in [1.807, 2.05) is 38.1 Å². The van der Waals surface area contributed by atoms with Crippen molar-refractivity contribution in [1.29, 1.82) is 0 Å². The second kappa shape index (κ2) is 6.77. The monoisotopic (exact) mass is 299 g/mol. The van der Waals surface area contributed by atoms with E-state index in [0.29, 0.717) is 6.42 Å². The van der Waals surface area contributed by atoms with E-state index in [1.165, 1.54) is 0 Å². The molecule has 0 bridgehead atoms. The summed E-state index contributed by atoms with van der Waals surface area (Å²) in [4.78, 5) is 11.1. The quantitative estimate of drug-likeness (QED) is 0.847. The number of carbonyl (C=O) groups is 1. The summed E-state index contributed by atoms with van der Waals surface area (Å²) < 4.78 is 1.01. The van der Waals surface area contributed by atoms with Crippen molar-refractivity contribution in [2.24, 2.45) is 0 Å². The Hall–Kier alpha value is -0.870. The summed E-state index contributed by atoms with van der Waals surface area (Å²) in [7, 11) is 0. The molecule has 17 heavy (non-hydrogen) atoms. The lowest BCUT2D eigenvalue weighted by Gasteiger charge is -2.20. The summed E-state index contributed by atoms with van der Waals surface area (Å²) in [5.41, 5.74) is 1.08. The van der Waals surface area contributed by atoms with E-state index < -0.39 is 12.0 Å². The third kappa shape index (κ3) is 4.48. The Morgan fingerprint density at radius 1 is 1.53 bits per heavy atom. The van der Waals surface area contributed by atoms with Gasteiger partial charge in [-0.25, -0.2) is 0 Å². The Bertz CT molecular complexity index is 381. The minimum atomic E-state index is -0.784. The summed E-state index contributed by atoms with van der Waals surface area (Å²) >= 11 is 3.41.